The summed E-state index contributed by atoms with van der Waals surface area (Å²) in [4.78, 5) is 37.9. The van der Waals surface area contributed by atoms with E-state index in [4.69, 9.17) is 14.2 Å². The summed E-state index contributed by atoms with van der Waals surface area (Å²) in [5.74, 6) is -0.0252. The molecule has 1 fully saturated rings. The highest BCUT2D eigenvalue weighted by Crippen LogP contribution is 2.35. The number of hydrogen-bond donors (Lipinski definition) is 0. The first-order valence-electron chi connectivity index (χ1n) is 10.7. The van der Waals surface area contributed by atoms with Crippen molar-refractivity contribution in [3.63, 3.8) is 0 Å². The van der Waals surface area contributed by atoms with Gasteiger partial charge in [-0.25, -0.2) is 0 Å². The third kappa shape index (κ3) is 6.61. The van der Waals surface area contributed by atoms with E-state index in [9.17, 15) is 14.4 Å². The molecule has 0 aromatic heterocycles. The Bertz CT molecular complexity index is 1060. The number of aryl methyl sites for hydroxylation is 1. The second kappa shape index (κ2) is 11.0. The molecule has 0 atom stereocenters. The first-order chi connectivity index (χ1) is 15.8. The Morgan fingerprint density at radius 1 is 1.06 bits per heavy atom. The number of esters is 1. The molecule has 0 saturated carbocycles. The molecular formula is C25H27NO6S. The van der Waals surface area contributed by atoms with Crippen LogP contribution < -0.4 is 9.47 Å². The summed E-state index contributed by atoms with van der Waals surface area (Å²) >= 11 is 0.788. The Morgan fingerprint density at radius 2 is 1.79 bits per heavy atom. The van der Waals surface area contributed by atoms with Crippen LogP contribution >= 0.6 is 11.8 Å². The molecule has 2 aromatic rings. The van der Waals surface area contributed by atoms with E-state index in [0.717, 1.165) is 22.2 Å². The molecular weight excluding hydrogens is 442 g/mol. The number of rotatable bonds is 9. The lowest BCUT2D eigenvalue weighted by Gasteiger charge is -2.13. The van der Waals surface area contributed by atoms with Crippen LogP contribution in [0.1, 0.15) is 37.5 Å². The number of imide groups is 1. The minimum atomic E-state index is -0.623. The van der Waals surface area contributed by atoms with Gasteiger partial charge in [0.2, 0.25) is 0 Å². The number of nitrogens with zero attached hydrogens (tertiary/aromatic N) is 1. The molecule has 174 valence electrons. The van der Waals surface area contributed by atoms with E-state index in [1.54, 1.807) is 38.1 Å². The molecule has 33 heavy (non-hydrogen) atoms. The maximum atomic E-state index is 12.7. The minimum Gasteiger partial charge on any atom is -0.490 e. The highest BCUT2D eigenvalue weighted by molar-refractivity contribution is 8.18. The number of carbonyl (C=O) groups excluding carboxylic acids is 3. The smallest absolute Gasteiger partial charge is 0.326 e. The molecule has 7 nitrogen and oxygen atoms in total. The van der Waals surface area contributed by atoms with E-state index in [-0.39, 0.29) is 11.0 Å². The molecule has 2 amide bonds. The summed E-state index contributed by atoms with van der Waals surface area (Å²) in [7, 11) is 0. The number of benzene rings is 2. The average molecular weight is 470 g/mol. The monoisotopic (exact) mass is 469 g/mol. The molecule has 0 radical (unpaired) electrons. The minimum absolute atomic E-state index is 0.230. The van der Waals surface area contributed by atoms with Gasteiger partial charge < -0.3 is 14.2 Å². The summed E-state index contributed by atoms with van der Waals surface area (Å²) in [5.41, 5.74) is 2.90. The summed E-state index contributed by atoms with van der Waals surface area (Å²) in [6, 6.07) is 13.4. The van der Waals surface area contributed by atoms with Gasteiger partial charge in [0.25, 0.3) is 11.1 Å². The van der Waals surface area contributed by atoms with Gasteiger partial charge in [-0.2, -0.15) is 0 Å². The van der Waals surface area contributed by atoms with Gasteiger partial charge in [-0.3, -0.25) is 19.3 Å². The van der Waals surface area contributed by atoms with Crippen molar-refractivity contribution in [1.29, 1.82) is 0 Å². The van der Waals surface area contributed by atoms with Crippen LogP contribution in [0.5, 0.6) is 11.5 Å². The molecule has 2 aromatic carbocycles. The number of amides is 2. The SMILES string of the molecule is CCOc1cc(/C=C2\SC(=O)N(CC(=O)OC(C)C)C2=O)ccc1OCc1ccc(C)cc1. The zero-order valence-electron chi connectivity index (χ0n) is 19.1. The molecule has 8 heteroatoms. The van der Waals surface area contributed by atoms with Gasteiger partial charge in [0, 0.05) is 0 Å². The summed E-state index contributed by atoms with van der Waals surface area (Å²) < 4.78 is 16.7. The van der Waals surface area contributed by atoms with Crippen LogP contribution in [0.25, 0.3) is 6.08 Å². The van der Waals surface area contributed by atoms with Crippen LogP contribution in [-0.2, 0) is 20.9 Å². The summed E-state index contributed by atoms with van der Waals surface area (Å²) in [6.45, 7) is 7.74. The Labute approximate surface area is 197 Å². The third-order valence-corrected chi connectivity index (χ3v) is 5.52. The zero-order chi connectivity index (χ0) is 24.0. The van der Waals surface area contributed by atoms with Crippen LogP contribution in [-0.4, -0.2) is 41.3 Å². The second-order valence-electron chi connectivity index (χ2n) is 7.72. The van der Waals surface area contributed by atoms with Crippen molar-refractivity contribution in [2.45, 2.75) is 40.4 Å². The van der Waals surface area contributed by atoms with Crippen LogP contribution in [0.3, 0.4) is 0 Å². The van der Waals surface area contributed by atoms with E-state index in [1.807, 2.05) is 38.1 Å². The lowest BCUT2D eigenvalue weighted by Crippen LogP contribution is -2.35. The van der Waals surface area contributed by atoms with Crippen LogP contribution in [0, 0.1) is 6.92 Å². The molecule has 1 heterocycles. The van der Waals surface area contributed by atoms with Crippen molar-refractivity contribution in [3.05, 3.63) is 64.1 Å². The number of ether oxygens (including phenoxy) is 3. The Balaban J connectivity index is 1.74. The second-order valence-corrected chi connectivity index (χ2v) is 8.71. The van der Waals surface area contributed by atoms with Crippen molar-refractivity contribution in [1.82, 2.24) is 4.90 Å². The Morgan fingerprint density at radius 3 is 2.45 bits per heavy atom. The van der Waals surface area contributed by atoms with E-state index in [2.05, 4.69) is 0 Å². The van der Waals surface area contributed by atoms with Crippen LogP contribution in [0.2, 0.25) is 0 Å². The van der Waals surface area contributed by atoms with Gasteiger partial charge in [0.15, 0.2) is 11.5 Å². The topological polar surface area (TPSA) is 82.1 Å². The normalized spacial score (nSPS) is 14.8. The standard InChI is InChI=1S/C25H27NO6S/c1-5-30-21-12-19(10-11-20(21)31-15-18-8-6-17(4)7-9-18)13-22-24(28)26(25(29)33-22)14-23(27)32-16(2)3/h6-13,16H,5,14-15H2,1-4H3/b22-13-. The molecule has 0 aliphatic carbocycles. The predicted molar refractivity (Wildman–Crippen MR) is 127 cm³/mol. The van der Waals surface area contributed by atoms with Crippen molar-refractivity contribution in [2.24, 2.45) is 0 Å². The molecule has 1 aliphatic rings. The van der Waals surface area contributed by atoms with E-state index in [0.29, 0.717) is 30.3 Å². The van der Waals surface area contributed by atoms with Gasteiger partial charge in [0.05, 0.1) is 17.6 Å². The largest absolute Gasteiger partial charge is 0.490 e. The zero-order valence-corrected chi connectivity index (χ0v) is 19.9. The third-order valence-electron chi connectivity index (χ3n) is 4.61. The maximum absolute atomic E-state index is 12.7. The molecule has 1 aliphatic heterocycles. The fourth-order valence-corrected chi connectivity index (χ4v) is 3.90. The average Bonchev–Trinajstić information content (AvgIpc) is 3.01. The number of hydrogen-bond acceptors (Lipinski definition) is 7. The molecule has 1 saturated heterocycles. The molecule has 0 spiro atoms. The van der Waals surface area contributed by atoms with E-state index < -0.39 is 23.7 Å². The quantitative estimate of drug-likeness (QED) is 0.379. The van der Waals surface area contributed by atoms with E-state index >= 15 is 0 Å². The lowest BCUT2D eigenvalue weighted by molar-refractivity contribution is -0.149. The molecule has 0 N–H and O–H groups in total. The molecule has 0 unspecified atom stereocenters. The number of thioether (sulfide) groups is 1. The highest BCUT2D eigenvalue weighted by Gasteiger charge is 2.36. The highest BCUT2D eigenvalue weighted by atomic mass is 32.2. The fraction of sp³-hybridized carbons (Fsp3) is 0.320. The van der Waals surface area contributed by atoms with Crippen molar-refractivity contribution in [2.75, 3.05) is 13.2 Å². The van der Waals surface area contributed by atoms with Gasteiger partial charge in [-0.05, 0) is 68.8 Å². The van der Waals surface area contributed by atoms with Crippen molar-refractivity contribution < 1.29 is 28.6 Å². The van der Waals surface area contributed by atoms with Gasteiger partial charge in [-0.15, -0.1) is 0 Å². The van der Waals surface area contributed by atoms with Crippen molar-refractivity contribution >= 4 is 35.0 Å². The fourth-order valence-electron chi connectivity index (χ4n) is 3.06. The Kier molecular flexibility index (Phi) is 8.16. The lowest BCUT2D eigenvalue weighted by atomic mass is 10.1. The first-order valence-corrected chi connectivity index (χ1v) is 11.5. The summed E-state index contributed by atoms with van der Waals surface area (Å²) in [5, 5.41) is -0.505. The molecule has 0 bridgehead atoms. The van der Waals surface area contributed by atoms with E-state index in [1.165, 1.54) is 5.56 Å². The molecule has 3 rings (SSSR count). The van der Waals surface area contributed by atoms with Crippen LogP contribution in [0.15, 0.2) is 47.4 Å². The van der Waals surface area contributed by atoms with Gasteiger partial charge >= 0.3 is 5.97 Å². The summed E-state index contributed by atoms with van der Waals surface area (Å²) in [6.07, 6.45) is 1.28. The maximum Gasteiger partial charge on any atom is 0.326 e. The van der Waals surface area contributed by atoms with Gasteiger partial charge in [0.1, 0.15) is 13.2 Å². The van der Waals surface area contributed by atoms with Crippen molar-refractivity contribution in [3.8, 4) is 11.5 Å². The van der Waals surface area contributed by atoms with Gasteiger partial charge in [-0.1, -0.05) is 35.9 Å². The first kappa shape index (κ1) is 24.4. The number of carbonyl (C=O) groups is 3. The predicted octanol–water partition coefficient (Wildman–Crippen LogP) is 4.96. The Hall–Kier alpha value is -3.26. The van der Waals surface area contributed by atoms with Crippen LogP contribution in [0.4, 0.5) is 4.79 Å².